The van der Waals surface area contributed by atoms with E-state index in [-0.39, 0.29) is 0 Å². The molecule has 0 radical (unpaired) electrons. The number of halogens is 1. The minimum absolute atomic E-state index is 0.385. The van der Waals surface area contributed by atoms with Crippen molar-refractivity contribution in [1.29, 1.82) is 0 Å². The van der Waals surface area contributed by atoms with Gasteiger partial charge in [-0.3, -0.25) is 0 Å². The van der Waals surface area contributed by atoms with Crippen molar-refractivity contribution in [3.8, 4) is 5.75 Å². The van der Waals surface area contributed by atoms with Crippen LogP contribution in [-0.4, -0.2) is 13.7 Å². The average Bonchev–Trinajstić information content (AvgIpc) is 2.83. The second kappa shape index (κ2) is 4.18. The van der Waals surface area contributed by atoms with E-state index in [1.807, 2.05) is 13.1 Å². The van der Waals surface area contributed by atoms with Crippen LogP contribution in [0, 0.1) is 11.8 Å². The second-order valence-electron chi connectivity index (χ2n) is 5.22. The summed E-state index contributed by atoms with van der Waals surface area (Å²) in [5.74, 6) is 2.61. The van der Waals surface area contributed by atoms with Crippen LogP contribution in [0.1, 0.15) is 30.5 Å². The molecule has 1 aromatic carbocycles. The lowest BCUT2D eigenvalue weighted by molar-refractivity contribution is 0.346. The van der Waals surface area contributed by atoms with Gasteiger partial charge < -0.3 is 10.1 Å². The maximum atomic E-state index is 6.21. The SMILES string of the molecule is CNC(c1cc(Cl)cc2c1OCC2)C1CC1C. The largest absolute Gasteiger partial charge is 0.493 e. The molecule has 3 atom stereocenters. The summed E-state index contributed by atoms with van der Waals surface area (Å²) in [6, 6.07) is 4.49. The number of hydrogen-bond acceptors (Lipinski definition) is 2. The van der Waals surface area contributed by atoms with Gasteiger partial charge in [-0.2, -0.15) is 0 Å². The molecule has 17 heavy (non-hydrogen) atoms. The smallest absolute Gasteiger partial charge is 0.127 e. The van der Waals surface area contributed by atoms with Crippen LogP contribution in [0.3, 0.4) is 0 Å². The van der Waals surface area contributed by atoms with Crippen molar-refractivity contribution in [3.05, 3.63) is 28.3 Å². The standard InChI is InChI=1S/C14H18ClNO/c1-8-5-11(8)13(16-2)12-7-10(15)6-9-3-4-17-14(9)12/h6-8,11,13,16H,3-5H2,1-2H3. The van der Waals surface area contributed by atoms with Crippen molar-refractivity contribution in [3.63, 3.8) is 0 Å². The molecule has 1 aromatic rings. The van der Waals surface area contributed by atoms with E-state index < -0.39 is 0 Å². The van der Waals surface area contributed by atoms with E-state index in [4.69, 9.17) is 16.3 Å². The molecule has 3 unspecified atom stereocenters. The van der Waals surface area contributed by atoms with Crippen molar-refractivity contribution in [1.82, 2.24) is 5.32 Å². The summed E-state index contributed by atoms with van der Waals surface area (Å²) in [5, 5.41) is 4.26. The highest BCUT2D eigenvalue weighted by molar-refractivity contribution is 6.30. The molecule has 2 aliphatic rings. The van der Waals surface area contributed by atoms with Crippen LogP contribution in [0.25, 0.3) is 0 Å². The fourth-order valence-electron chi connectivity index (χ4n) is 2.94. The lowest BCUT2D eigenvalue weighted by atomic mass is 9.97. The Hall–Kier alpha value is -0.730. The zero-order valence-electron chi connectivity index (χ0n) is 10.3. The average molecular weight is 252 g/mol. The Morgan fingerprint density at radius 2 is 2.24 bits per heavy atom. The van der Waals surface area contributed by atoms with Crippen molar-refractivity contribution in [2.45, 2.75) is 25.8 Å². The quantitative estimate of drug-likeness (QED) is 0.891. The van der Waals surface area contributed by atoms with Crippen molar-refractivity contribution >= 4 is 11.6 Å². The van der Waals surface area contributed by atoms with Gasteiger partial charge in [0.05, 0.1) is 6.61 Å². The predicted octanol–water partition coefficient (Wildman–Crippen LogP) is 3.19. The monoisotopic (exact) mass is 251 g/mol. The van der Waals surface area contributed by atoms with E-state index in [2.05, 4.69) is 18.3 Å². The van der Waals surface area contributed by atoms with Crippen LogP contribution in [-0.2, 0) is 6.42 Å². The van der Waals surface area contributed by atoms with E-state index in [9.17, 15) is 0 Å². The summed E-state index contributed by atoms with van der Waals surface area (Å²) in [7, 11) is 2.03. The van der Waals surface area contributed by atoms with Gasteiger partial charge in [0.15, 0.2) is 0 Å². The third-order valence-corrected chi connectivity index (χ3v) is 4.24. The Labute approximate surface area is 107 Å². The number of nitrogens with one attached hydrogen (secondary N) is 1. The summed E-state index contributed by atoms with van der Waals surface area (Å²) in [5.41, 5.74) is 2.52. The first-order valence-electron chi connectivity index (χ1n) is 6.33. The van der Waals surface area contributed by atoms with Gasteiger partial charge in [-0.1, -0.05) is 18.5 Å². The van der Waals surface area contributed by atoms with Crippen LogP contribution in [0.4, 0.5) is 0 Å². The lowest BCUT2D eigenvalue weighted by Gasteiger charge is -2.19. The fourth-order valence-corrected chi connectivity index (χ4v) is 3.19. The van der Waals surface area contributed by atoms with E-state index >= 15 is 0 Å². The number of fused-ring (bicyclic) bond motifs is 1. The van der Waals surface area contributed by atoms with Crippen LogP contribution >= 0.6 is 11.6 Å². The normalized spacial score (nSPS) is 27.5. The Morgan fingerprint density at radius 3 is 2.88 bits per heavy atom. The molecule has 0 amide bonds. The first kappa shape index (κ1) is 11.4. The van der Waals surface area contributed by atoms with E-state index in [1.54, 1.807) is 0 Å². The Kier molecular flexibility index (Phi) is 2.80. The number of hydrogen-bond donors (Lipinski definition) is 1. The minimum atomic E-state index is 0.385. The summed E-state index contributed by atoms with van der Waals surface area (Å²) in [4.78, 5) is 0. The van der Waals surface area contributed by atoms with Crippen molar-refractivity contribution in [2.75, 3.05) is 13.7 Å². The Balaban J connectivity index is 2.01. The van der Waals surface area contributed by atoms with E-state index in [0.717, 1.165) is 35.6 Å². The zero-order chi connectivity index (χ0) is 12.0. The summed E-state index contributed by atoms with van der Waals surface area (Å²) >= 11 is 6.21. The van der Waals surface area contributed by atoms with Gasteiger partial charge in [0.25, 0.3) is 0 Å². The van der Waals surface area contributed by atoms with Crippen LogP contribution in [0.15, 0.2) is 12.1 Å². The third-order valence-electron chi connectivity index (χ3n) is 4.02. The molecule has 1 N–H and O–H groups in total. The van der Waals surface area contributed by atoms with Crippen LogP contribution in [0.2, 0.25) is 5.02 Å². The predicted molar refractivity (Wildman–Crippen MR) is 69.7 cm³/mol. The summed E-state index contributed by atoms with van der Waals surface area (Å²) in [6.45, 7) is 3.10. The third kappa shape index (κ3) is 1.94. The molecule has 92 valence electrons. The summed E-state index contributed by atoms with van der Waals surface area (Å²) < 4.78 is 5.78. The molecular formula is C14H18ClNO. The molecule has 0 aromatic heterocycles. The van der Waals surface area contributed by atoms with Gasteiger partial charge in [0.1, 0.15) is 5.75 Å². The topological polar surface area (TPSA) is 21.3 Å². The maximum Gasteiger partial charge on any atom is 0.127 e. The molecule has 0 bridgehead atoms. The molecule has 0 spiro atoms. The van der Waals surface area contributed by atoms with E-state index in [1.165, 1.54) is 17.5 Å². The minimum Gasteiger partial charge on any atom is -0.493 e. The van der Waals surface area contributed by atoms with Gasteiger partial charge in [0.2, 0.25) is 0 Å². The van der Waals surface area contributed by atoms with Crippen LogP contribution < -0.4 is 10.1 Å². The number of rotatable bonds is 3. The number of ether oxygens (including phenoxy) is 1. The number of benzene rings is 1. The molecule has 1 aliphatic carbocycles. The van der Waals surface area contributed by atoms with Crippen molar-refractivity contribution < 1.29 is 4.74 Å². The van der Waals surface area contributed by atoms with Crippen molar-refractivity contribution in [2.24, 2.45) is 11.8 Å². The molecule has 2 nitrogen and oxygen atoms in total. The molecule has 1 aliphatic heterocycles. The molecule has 0 saturated heterocycles. The highest BCUT2D eigenvalue weighted by atomic mass is 35.5. The Bertz CT molecular complexity index is 446. The van der Waals surface area contributed by atoms with Crippen LogP contribution in [0.5, 0.6) is 5.75 Å². The molecular weight excluding hydrogens is 234 g/mol. The molecule has 1 heterocycles. The van der Waals surface area contributed by atoms with Gasteiger partial charge in [-0.25, -0.2) is 0 Å². The molecule has 3 rings (SSSR count). The molecule has 1 fully saturated rings. The van der Waals surface area contributed by atoms with Gasteiger partial charge in [-0.15, -0.1) is 0 Å². The second-order valence-corrected chi connectivity index (χ2v) is 5.66. The first-order chi connectivity index (χ1) is 8.20. The van der Waals surface area contributed by atoms with Gasteiger partial charge >= 0.3 is 0 Å². The Morgan fingerprint density at radius 1 is 1.47 bits per heavy atom. The molecule has 1 saturated carbocycles. The highest BCUT2D eigenvalue weighted by Gasteiger charge is 2.41. The molecule has 3 heteroatoms. The first-order valence-corrected chi connectivity index (χ1v) is 6.71. The highest BCUT2D eigenvalue weighted by Crippen LogP contribution is 2.50. The zero-order valence-corrected chi connectivity index (χ0v) is 11.1. The van der Waals surface area contributed by atoms with Gasteiger partial charge in [-0.05, 0) is 43.0 Å². The summed E-state index contributed by atoms with van der Waals surface area (Å²) in [6.07, 6.45) is 2.28. The van der Waals surface area contributed by atoms with E-state index in [0.29, 0.717) is 6.04 Å². The fraction of sp³-hybridized carbons (Fsp3) is 0.571. The lowest BCUT2D eigenvalue weighted by Crippen LogP contribution is -2.19. The maximum absolute atomic E-state index is 6.21. The van der Waals surface area contributed by atoms with Gasteiger partial charge in [0, 0.05) is 23.0 Å².